The number of imidazole rings is 1. The average molecular weight is 328 g/mol. The van der Waals surface area contributed by atoms with E-state index in [0.717, 1.165) is 50.7 Å². The maximum Gasteiger partial charge on any atom is 0.135 e. The highest BCUT2D eigenvalue weighted by molar-refractivity contribution is 5.50. The topological polar surface area (TPSA) is 81.2 Å². The van der Waals surface area contributed by atoms with E-state index in [4.69, 9.17) is 0 Å². The number of hydrogen-bond donors (Lipinski definition) is 2. The first-order chi connectivity index (χ1) is 11.8. The zero-order chi connectivity index (χ0) is 16.4. The molecule has 2 saturated heterocycles. The van der Waals surface area contributed by atoms with Crippen molar-refractivity contribution in [2.24, 2.45) is 5.92 Å². The number of anilines is 2. The summed E-state index contributed by atoms with van der Waals surface area (Å²) in [5.74, 6) is 2.95. The lowest BCUT2D eigenvalue weighted by Gasteiger charge is -2.34. The minimum Gasteiger partial charge on any atom is -0.385 e. The van der Waals surface area contributed by atoms with Gasteiger partial charge < -0.3 is 19.9 Å². The van der Waals surface area contributed by atoms with Gasteiger partial charge in [-0.2, -0.15) is 0 Å². The normalized spacial score (nSPS) is 20.5. The molecule has 2 aromatic heterocycles. The molecule has 0 aliphatic carbocycles. The fraction of sp³-hybridized carbons (Fsp3) is 0.588. The standard InChI is InChI=1S/C17H24N6O/c24-16(17-18-5-6-19-17)13-3-9-23(10-4-13)15-11-14(20-12-21-15)22-7-1-2-8-22/h5-6,11-13,16,24H,1-4,7-10H2,(H,18,19). The molecular weight excluding hydrogens is 304 g/mol. The van der Waals surface area contributed by atoms with Crippen molar-refractivity contribution in [1.29, 1.82) is 0 Å². The minimum atomic E-state index is -0.507. The molecule has 0 spiro atoms. The van der Waals surface area contributed by atoms with Crippen LogP contribution in [-0.2, 0) is 0 Å². The van der Waals surface area contributed by atoms with Crippen LogP contribution in [0.2, 0.25) is 0 Å². The molecule has 0 aromatic carbocycles. The first kappa shape index (κ1) is 15.4. The van der Waals surface area contributed by atoms with Crippen molar-refractivity contribution in [3.05, 3.63) is 30.6 Å². The molecule has 0 amide bonds. The molecule has 0 radical (unpaired) electrons. The monoisotopic (exact) mass is 328 g/mol. The van der Waals surface area contributed by atoms with E-state index in [2.05, 4.69) is 35.8 Å². The molecule has 2 fully saturated rings. The second-order valence-corrected chi connectivity index (χ2v) is 6.67. The first-order valence-electron chi connectivity index (χ1n) is 8.80. The summed E-state index contributed by atoms with van der Waals surface area (Å²) in [6.07, 6.45) is 8.98. The van der Waals surface area contributed by atoms with Gasteiger partial charge in [0.05, 0.1) is 0 Å². The van der Waals surface area contributed by atoms with E-state index < -0.39 is 6.10 Å². The van der Waals surface area contributed by atoms with E-state index in [0.29, 0.717) is 5.82 Å². The molecule has 24 heavy (non-hydrogen) atoms. The quantitative estimate of drug-likeness (QED) is 0.890. The molecule has 0 saturated carbocycles. The molecule has 7 nitrogen and oxygen atoms in total. The third-order valence-electron chi connectivity index (χ3n) is 5.18. The largest absolute Gasteiger partial charge is 0.385 e. The number of piperidine rings is 1. The number of aliphatic hydroxyl groups is 1. The summed E-state index contributed by atoms with van der Waals surface area (Å²) in [4.78, 5) is 20.7. The summed E-state index contributed by atoms with van der Waals surface area (Å²) < 4.78 is 0. The Morgan fingerprint density at radius 1 is 1.00 bits per heavy atom. The fourth-order valence-electron chi connectivity index (χ4n) is 3.74. The summed E-state index contributed by atoms with van der Waals surface area (Å²) in [5.41, 5.74) is 0. The molecule has 1 unspecified atom stereocenters. The van der Waals surface area contributed by atoms with Gasteiger partial charge in [0.2, 0.25) is 0 Å². The number of aromatic amines is 1. The first-order valence-corrected chi connectivity index (χ1v) is 8.80. The van der Waals surface area contributed by atoms with Gasteiger partial charge in [0.25, 0.3) is 0 Å². The molecule has 1 atom stereocenters. The molecule has 2 aliphatic rings. The number of aliphatic hydroxyl groups excluding tert-OH is 1. The molecule has 7 heteroatoms. The number of nitrogens with zero attached hydrogens (tertiary/aromatic N) is 5. The minimum absolute atomic E-state index is 0.243. The van der Waals surface area contributed by atoms with Gasteiger partial charge in [-0.15, -0.1) is 0 Å². The van der Waals surface area contributed by atoms with E-state index >= 15 is 0 Å². The van der Waals surface area contributed by atoms with Gasteiger partial charge in [-0.25, -0.2) is 15.0 Å². The van der Waals surface area contributed by atoms with Crippen molar-refractivity contribution >= 4 is 11.6 Å². The van der Waals surface area contributed by atoms with Gasteiger partial charge in [-0.1, -0.05) is 0 Å². The van der Waals surface area contributed by atoms with Crippen molar-refractivity contribution in [3.63, 3.8) is 0 Å². The Morgan fingerprint density at radius 3 is 2.29 bits per heavy atom. The van der Waals surface area contributed by atoms with Gasteiger partial charge >= 0.3 is 0 Å². The van der Waals surface area contributed by atoms with Gasteiger partial charge in [0.1, 0.15) is 29.9 Å². The lowest BCUT2D eigenvalue weighted by Crippen LogP contribution is -2.36. The predicted octanol–water partition coefficient (Wildman–Crippen LogP) is 1.75. The Hall–Kier alpha value is -2.15. The maximum absolute atomic E-state index is 10.4. The number of nitrogens with one attached hydrogen (secondary N) is 1. The highest BCUT2D eigenvalue weighted by Gasteiger charge is 2.28. The van der Waals surface area contributed by atoms with Crippen molar-refractivity contribution in [2.75, 3.05) is 36.0 Å². The Kier molecular flexibility index (Phi) is 4.34. The Balaban J connectivity index is 1.39. The third kappa shape index (κ3) is 3.08. The summed E-state index contributed by atoms with van der Waals surface area (Å²) in [6, 6.07) is 2.11. The second kappa shape index (κ2) is 6.76. The van der Waals surface area contributed by atoms with Gasteiger partial charge in [0, 0.05) is 44.6 Å². The van der Waals surface area contributed by atoms with E-state index in [1.165, 1.54) is 12.8 Å². The van der Waals surface area contributed by atoms with Crippen molar-refractivity contribution < 1.29 is 5.11 Å². The predicted molar refractivity (Wildman–Crippen MR) is 92.0 cm³/mol. The van der Waals surface area contributed by atoms with Crippen LogP contribution in [0.25, 0.3) is 0 Å². The molecule has 2 aliphatic heterocycles. The van der Waals surface area contributed by atoms with Gasteiger partial charge in [-0.05, 0) is 31.6 Å². The van der Waals surface area contributed by atoms with Crippen molar-refractivity contribution in [1.82, 2.24) is 19.9 Å². The lowest BCUT2D eigenvalue weighted by atomic mass is 9.91. The average Bonchev–Trinajstić information content (AvgIpc) is 3.35. The van der Waals surface area contributed by atoms with Crippen LogP contribution in [-0.4, -0.2) is 51.2 Å². The van der Waals surface area contributed by atoms with E-state index in [1.807, 2.05) is 0 Å². The Labute approximate surface area is 141 Å². The Bertz CT molecular complexity index is 647. The number of rotatable bonds is 4. The van der Waals surface area contributed by atoms with E-state index in [9.17, 15) is 5.11 Å². The molecule has 2 aromatic rings. The van der Waals surface area contributed by atoms with Crippen LogP contribution >= 0.6 is 0 Å². The highest BCUT2D eigenvalue weighted by atomic mass is 16.3. The molecule has 4 rings (SSSR count). The number of aromatic nitrogens is 4. The zero-order valence-electron chi connectivity index (χ0n) is 13.8. The van der Waals surface area contributed by atoms with E-state index in [-0.39, 0.29) is 5.92 Å². The van der Waals surface area contributed by atoms with Crippen LogP contribution in [0.5, 0.6) is 0 Å². The summed E-state index contributed by atoms with van der Waals surface area (Å²) in [6.45, 7) is 3.99. The van der Waals surface area contributed by atoms with Crippen molar-refractivity contribution in [3.8, 4) is 0 Å². The SMILES string of the molecule is OC(c1ncc[nH]1)C1CCN(c2cc(N3CCCC3)ncn2)CC1. The molecular formula is C17H24N6O. The number of hydrogen-bond acceptors (Lipinski definition) is 6. The Morgan fingerprint density at radius 2 is 1.67 bits per heavy atom. The van der Waals surface area contributed by atoms with Crippen LogP contribution in [0.3, 0.4) is 0 Å². The lowest BCUT2D eigenvalue weighted by molar-refractivity contribution is 0.0856. The van der Waals surface area contributed by atoms with E-state index in [1.54, 1.807) is 18.7 Å². The van der Waals surface area contributed by atoms with Crippen LogP contribution < -0.4 is 9.80 Å². The summed E-state index contributed by atoms with van der Waals surface area (Å²) >= 11 is 0. The molecule has 2 N–H and O–H groups in total. The van der Waals surface area contributed by atoms with Crippen LogP contribution in [0, 0.1) is 5.92 Å². The van der Waals surface area contributed by atoms with Crippen LogP contribution in [0.15, 0.2) is 24.8 Å². The smallest absolute Gasteiger partial charge is 0.135 e. The highest BCUT2D eigenvalue weighted by Crippen LogP contribution is 2.31. The van der Waals surface area contributed by atoms with Crippen LogP contribution in [0.4, 0.5) is 11.6 Å². The second-order valence-electron chi connectivity index (χ2n) is 6.67. The summed E-state index contributed by atoms with van der Waals surface area (Å²) in [7, 11) is 0. The van der Waals surface area contributed by atoms with Crippen molar-refractivity contribution in [2.45, 2.75) is 31.8 Å². The molecule has 128 valence electrons. The van der Waals surface area contributed by atoms with Crippen LogP contribution in [0.1, 0.15) is 37.6 Å². The zero-order valence-corrected chi connectivity index (χ0v) is 13.8. The summed E-state index contributed by atoms with van der Waals surface area (Å²) in [5, 5.41) is 10.4. The van der Waals surface area contributed by atoms with Gasteiger partial charge in [-0.3, -0.25) is 0 Å². The van der Waals surface area contributed by atoms with Gasteiger partial charge in [0.15, 0.2) is 0 Å². The third-order valence-corrected chi connectivity index (χ3v) is 5.18. The molecule has 4 heterocycles. The maximum atomic E-state index is 10.4. The fourth-order valence-corrected chi connectivity index (χ4v) is 3.74. The molecule has 0 bridgehead atoms. The number of H-pyrrole nitrogens is 1.